The highest BCUT2D eigenvalue weighted by Crippen LogP contribution is 2.51. The van der Waals surface area contributed by atoms with Crippen LogP contribution in [0.1, 0.15) is 26.7 Å². The number of aliphatic hydroxyl groups is 2. The number of fused-ring (bicyclic) bond motifs is 1. The molecular weight excluding hydrogens is 442 g/mol. The van der Waals surface area contributed by atoms with Gasteiger partial charge in [-0.05, 0) is 13.3 Å². The largest absolute Gasteiger partial charge is 0.477 e. The van der Waals surface area contributed by atoms with Gasteiger partial charge >= 0.3 is 5.97 Å². The van der Waals surface area contributed by atoms with E-state index in [4.69, 9.17) is 5.11 Å². The summed E-state index contributed by atoms with van der Waals surface area (Å²) in [6.07, 6.45) is 0.504. The van der Waals surface area contributed by atoms with E-state index in [-0.39, 0.29) is 53.9 Å². The number of rotatable bonds is 11. The van der Waals surface area contributed by atoms with Gasteiger partial charge in [0.25, 0.3) is 0 Å². The molecule has 6 atom stereocenters. The minimum Gasteiger partial charge on any atom is -0.477 e. The van der Waals surface area contributed by atoms with Crippen LogP contribution in [0.3, 0.4) is 0 Å². The molecule has 31 heavy (non-hydrogen) atoms. The van der Waals surface area contributed by atoms with Gasteiger partial charge in [0.1, 0.15) is 5.70 Å². The Morgan fingerprint density at radius 1 is 1.39 bits per heavy atom. The number of amides is 2. The van der Waals surface area contributed by atoms with Crippen molar-refractivity contribution < 1.29 is 29.7 Å². The van der Waals surface area contributed by atoms with Gasteiger partial charge in [-0.3, -0.25) is 9.59 Å². The third-order valence-electron chi connectivity index (χ3n) is 6.01. The second-order valence-electron chi connectivity index (χ2n) is 8.25. The third-order valence-corrected chi connectivity index (χ3v) is 8.66. The van der Waals surface area contributed by atoms with Gasteiger partial charge in [-0.2, -0.15) is 11.8 Å². The van der Waals surface area contributed by atoms with Gasteiger partial charge in [-0.25, -0.2) is 4.79 Å². The zero-order valence-corrected chi connectivity index (χ0v) is 19.4. The van der Waals surface area contributed by atoms with E-state index in [2.05, 4.69) is 10.6 Å². The quantitative estimate of drug-likeness (QED) is 0.204. The van der Waals surface area contributed by atoms with Gasteiger partial charge in [-0.1, -0.05) is 6.92 Å². The van der Waals surface area contributed by atoms with Crippen LogP contribution in [0.5, 0.6) is 0 Å². The number of aliphatic carboxylic acids is 1. The fourth-order valence-corrected chi connectivity index (χ4v) is 7.08. The number of hydrogen-bond acceptors (Lipinski definition) is 8. The summed E-state index contributed by atoms with van der Waals surface area (Å²) < 4.78 is 0. The highest BCUT2D eigenvalue weighted by Gasteiger charge is 2.60. The van der Waals surface area contributed by atoms with E-state index in [1.54, 1.807) is 30.4 Å². The highest BCUT2D eigenvalue weighted by atomic mass is 32.2. The monoisotopic (exact) mass is 473 g/mol. The number of thioether (sulfide) groups is 2. The van der Waals surface area contributed by atoms with Crippen LogP contribution in [0.4, 0.5) is 0 Å². The van der Waals surface area contributed by atoms with Crippen LogP contribution in [-0.4, -0.2) is 92.6 Å². The Kier molecular flexibility index (Phi) is 8.31. The molecule has 9 nitrogen and oxygen atoms in total. The number of nitrogens with zero attached hydrogens (tertiary/aromatic N) is 1. The van der Waals surface area contributed by atoms with E-state index >= 15 is 0 Å². The van der Waals surface area contributed by atoms with Gasteiger partial charge < -0.3 is 30.9 Å². The van der Waals surface area contributed by atoms with Crippen molar-refractivity contribution in [3.63, 3.8) is 0 Å². The first-order valence-electron chi connectivity index (χ1n) is 10.6. The van der Waals surface area contributed by atoms with Crippen molar-refractivity contribution >= 4 is 41.3 Å². The van der Waals surface area contributed by atoms with Crippen LogP contribution in [0, 0.1) is 11.8 Å². The minimum atomic E-state index is -1.09. The first kappa shape index (κ1) is 24.4. The molecule has 0 aliphatic carbocycles. The minimum absolute atomic E-state index is 0.0606. The number of carbonyl (C=O) groups excluding carboxylic acids is 2. The molecule has 0 bridgehead atoms. The van der Waals surface area contributed by atoms with E-state index in [1.165, 1.54) is 4.90 Å². The summed E-state index contributed by atoms with van der Waals surface area (Å²) in [4.78, 5) is 38.0. The van der Waals surface area contributed by atoms with Gasteiger partial charge in [0.15, 0.2) is 0 Å². The lowest BCUT2D eigenvalue weighted by Gasteiger charge is -2.46. The molecule has 2 saturated heterocycles. The number of β-lactam (4-membered cyclic amide) rings is 1. The molecule has 3 rings (SSSR count). The number of carbonyl (C=O) groups is 3. The van der Waals surface area contributed by atoms with Crippen LogP contribution >= 0.6 is 23.5 Å². The fraction of sp³-hybridized carbons (Fsp3) is 0.750. The van der Waals surface area contributed by atoms with Crippen molar-refractivity contribution in [2.24, 2.45) is 11.8 Å². The first-order valence-corrected chi connectivity index (χ1v) is 12.6. The Morgan fingerprint density at radius 3 is 2.77 bits per heavy atom. The molecule has 0 aromatic carbocycles. The zero-order valence-electron chi connectivity index (χ0n) is 17.7. The van der Waals surface area contributed by atoms with Crippen LogP contribution in [0.25, 0.3) is 0 Å². The molecule has 174 valence electrons. The summed E-state index contributed by atoms with van der Waals surface area (Å²) in [5, 5.41) is 34.7. The molecule has 2 amide bonds. The molecule has 0 spiro atoms. The number of hydrogen-bond donors (Lipinski definition) is 5. The van der Waals surface area contributed by atoms with Gasteiger partial charge in [0.05, 0.1) is 24.7 Å². The molecule has 11 heteroatoms. The number of carboxylic acid groups (broad SMARTS) is 1. The van der Waals surface area contributed by atoms with Crippen LogP contribution < -0.4 is 10.6 Å². The van der Waals surface area contributed by atoms with Crippen molar-refractivity contribution in [3.8, 4) is 0 Å². The van der Waals surface area contributed by atoms with E-state index in [9.17, 15) is 24.6 Å². The number of nitrogens with one attached hydrogen (secondary N) is 2. The van der Waals surface area contributed by atoms with Crippen molar-refractivity contribution in [3.05, 3.63) is 10.6 Å². The lowest BCUT2D eigenvalue weighted by Crippen LogP contribution is -2.63. The molecule has 0 saturated carbocycles. The topological polar surface area (TPSA) is 139 Å². The number of carboxylic acids is 1. The summed E-state index contributed by atoms with van der Waals surface area (Å²) in [6.45, 7) is 4.50. The molecular formula is C20H31N3O6S2. The third kappa shape index (κ3) is 5.22. The standard InChI is InChI=1S/C20H31N3O6S2/c1-10-16-15(11(2)25)19(27)23(16)17(20(28)29)18(10)31-13-7-12(22-8-13)9-30-6-3-14(26)21-4-5-24/h10-13,15-16,22,24-25H,3-9H2,1-2H3,(H,21,26)(H,28,29)/t10-,11-,12+,13+,15-,16?/m1/s1. The van der Waals surface area contributed by atoms with Crippen molar-refractivity contribution in [1.29, 1.82) is 0 Å². The first-order chi connectivity index (χ1) is 14.8. The van der Waals surface area contributed by atoms with Crippen LogP contribution in [0.15, 0.2) is 10.6 Å². The maximum absolute atomic E-state index is 12.4. The number of aliphatic hydroxyl groups excluding tert-OH is 2. The van der Waals surface area contributed by atoms with Crippen molar-refractivity contribution in [2.45, 2.75) is 50.1 Å². The average Bonchev–Trinajstić information content (AvgIpc) is 3.25. The fourth-order valence-electron chi connectivity index (χ4n) is 4.53. The lowest BCUT2D eigenvalue weighted by atomic mass is 9.79. The highest BCUT2D eigenvalue weighted by molar-refractivity contribution is 8.03. The Hall–Kier alpha value is -1.27. The molecule has 0 aromatic rings. The summed E-state index contributed by atoms with van der Waals surface area (Å²) >= 11 is 3.24. The molecule has 0 radical (unpaired) electrons. The molecule has 0 aromatic heterocycles. The van der Waals surface area contributed by atoms with Crippen molar-refractivity contribution in [1.82, 2.24) is 15.5 Å². The van der Waals surface area contributed by atoms with Crippen LogP contribution in [0.2, 0.25) is 0 Å². The Morgan fingerprint density at radius 2 is 2.13 bits per heavy atom. The summed E-state index contributed by atoms with van der Waals surface area (Å²) in [5.41, 5.74) is 0.0797. The maximum atomic E-state index is 12.4. The van der Waals surface area contributed by atoms with E-state index in [0.29, 0.717) is 12.2 Å². The maximum Gasteiger partial charge on any atom is 0.353 e. The average molecular weight is 474 g/mol. The molecule has 1 unspecified atom stereocenters. The molecule has 5 N–H and O–H groups in total. The summed E-state index contributed by atoms with van der Waals surface area (Å²) in [7, 11) is 0. The van der Waals surface area contributed by atoms with Gasteiger partial charge in [0.2, 0.25) is 11.8 Å². The Labute approximate surface area is 190 Å². The smallest absolute Gasteiger partial charge is 0.353 e. The van der Waals surface area contributed by atoms with E-state index < -0.39 is 18.0 Å². The lowest BCUT2D eigenvalue weighted by molar-refractivity contribution is -0.163. The molecule has 3 heterocycles. The summed E-state index contributed by atoms with van der Waals surface area (Å²) in [6, 6.07) is 0.0104. The second-order valence-corrected chi connectivity index (χ2v) is 10.7. The summed E-state index contributed by atoms with van der Waals surface area (Å²) in [5.74, 6) is -0.539. The predicted molar refractivity (Wildman–Crippen MR) is 119 cm³/mol. The predicted octanol–water partition coefficient (Wildman–Crippen LogP) is -0.164. The molecule has 2 fully saturated rings. The SMILES string of the molecule is C[C@H]1C(S[C@@H]2CN[C@H](CSCCC(=O)NCCO)C2)=C(C(=O)O)N2C(=O)[C@H]([C@@H](C)O)C12. The van der Waals surface area contributed by atoms with Gasteiger partial charge in [-0.15, -0.1) is 11.8 Å². The van der Waals surface area contributed by atoms with Gasteiger partial charge in [0, 0.05) is 53.1 Å². The normalized spacial score (nSPS) is 30.9. The van der Waals surface area contributed by atoms with E-state index in [1.807, 2.05) is 6.92 Å². The van der Waals surface area contributed by atoms with E-state index in [0.717, 1.165) is 23.6 Å². The second kappa shape index (κ2) is 10.6. The van der Waals surface area contributed by atoms with Crippen molar-refractivity contribution in [2.75, 3.05) is 31.2 Å². The molecule has 3 aliphatic rings. The Bertz CT molecular complexity index is 746. The van der Waals surface area contributed by atoms with Crippen LogP contribution in [-0.2, 0) is 14.4 Å². The zero-order chi connectivity index (χ0) is 22.7. The Balaban J connectivity index is 1.51. The molecule has 3 aliphatic heterocycles.